The lowest BCUT2D eigenvalue weighted by atomic mass is 10.2. The fraction of sp³-hybridized carbons (Fsp3) is 0.250. The summed E-state index contributed by atoms with van der Waals surface area (Å²) < 4.78 is 0. The Balaban J connectivity index is 1.88. The normalized spacial score (nSPS) is 10.7. The summed E-state index contributed by atoms with van der Waals surface area (Å²) in [7, 11) is 1.95. The lowest BCUT2D eigenvalue weighted by Crippen LogP contribution is -2.31. The van der Waals surface area contributed by atoms with E-state index in [1.807, 2.05) is 48.3 Å². The minimum Gasteiger partial charge on any atom is -0.348 e. The van der Waals surface area contributed by atoms with Crippen LogP contribution in [0.1, 0.15) is 19.4 Å². The molecule has 0 aliphatic rings. The minimum atomic E-state index is 0.298. The van der Waals surface area contributed by atoms with Crippen LogP contribution in [0.5, 0.6) is 0 Å². The zero-order valence-electron chi connectivity index (χ0n) is 14.9. The second-order valence-corrected chi connectivity index (χ2v) is 6.22. The predicted molar refractivity (Wildman–Crippen MR) is 102 cm³/mol. The standard InChI is InChI=1S/C20H23N5/c1-16(2)25(15-17-10-6-4-7-11-17)19-14-21-23-20(22-19)24(3)18-12-8-5-9-13-18/h4-14,16H,15H2,1-3H3. The van der Waals surface area contributed by atoms with Crippen LogP contribution >= 0.6 is 0 Å². The summed E-state index contributed by atoms with van der Waals surface area (Å²) in [6.45, 7) is 5.10. The lowest BCUT2D eigenvalue weighted by molar-refractivity contribution is 0.666. The Morgan fingerprint density at radius 1 is 0.920 bits per heavy atom. The SMILES string of the molecule is CC(C)N(Cc1ccccc1)c1cnnc(N(C)c2ccccc2)n1. The van der Waals surface area contributed by atoms with E-state index in [9.17, 15) is 0 Å². The van der Waals surface area contributed by atoms with Gasteiger partial charge in [-0.25, -0.2) is 0 Å². The number of hydrogen-bond donors (Lipinski definition) is 0. The summed E-state index contributed by atoms with van der Waals surface area (Å²) in [4.78, 5) is 8.92. The zero-order chi connectivity index (χ0) is 17.6. The van der Waals surface area contributed by atoms with Gasteiger partial charge in [0, 0.05) is 25.3 Å². The molecule has 0 aliphatic carbocycles. The van der Waals surface area contributed by atoms with Crippen LogP contribution in [-0.2, 0) is 6.54 Å². The van der Waals surface area contributed by atoms with Crippen LogP contribution < -0.4 is 9.80 Å². The molecular weight excluding hydrogens is 310 g/mol. The lowest BCUT2D eigenvalue weighted by Gasteiger charge is -2.28. The van der Waals surface area contributed by atoms with Gasteiger partial charge in [-0.1, -0.05) is 48.5 Å². The van der Waals surface area contributed by atoms with E-state index >= 15 is 0 Å². The molecule has 0 radical (unpaired) electrons. The topological polar surface area (TPSA) is 45.2 Å². The van der Waals surface area contributed by atoms with Gasteiger partial charge in [0.1, 0.15) is 0 Å². The van der Waals surface area contributed by atoms with Gasteiger partial charge in [0.15, 0.2) is 5.82 Å². The van der Waals surface area contributed by atoms with Crippen molar-refractivity contribution in [2.75, 3.05) is 16.8 Å². The van der Waals surface area contributed by atoms with E-state index in [-0.39, 0.29) is 0 Å². The second-order valence-electron chi connectivity index (χ2n) is 6.22. The van der Waals surface area contributed by atoms with Gasteiger partial charge in [-0.3, -0.25) is 0 Å². The van der Waals surface area contributed by atoms with Crippen LogP contribution in [0.15, 0.2) is 66.9 Å². The molecule has 0 amide bonds. The molecule has 1 aromatic heterocycles. The Bertz CT molecular complexity index is 789. The number of rotatable bonds is 6. The van der Waals surface area contributed by atoms with Gasteiger partial charge in [0.05, 0.1) is 6.20 Å². The van der Waals surface area contributed by atoms with Crippen molar-refractivity contribution < 1.29 is 0 Å². The summed E-state index contributed by atoms with van der Waals surface area (Å²) in [6, 6.07) is 20.7. The van der Waals surface area contributed by atoms with E-state index in [0.29, 0.717) is 12.0 Å². The van der Waals surface area contributed by atoms with E-state index in [1.54, 1.807) is 6.20 Å². The third kappa shape index (κ3) is 4.12. The van der Waals surface area contributed by atoms with Crippen LogP contribution in [0.25, 0.3) is 0 Å². The Labute approximate surface area is 149 Å². The van der Waals surface area contributed by atoms with Gasteiger partial charge in [-0.15, -0.1) is 5.10 Å². The zero-order valence-corrected chi connectivity index (χ0v) is 14.9. The first kappa shape index (κ1) is 16.9. The Morgan fingerprint density at radius 3 is 2.20 bits per heavy atom. The number of aromatic nitrogens is 3. The van der Waals surface area contributed by atoms with E-state index in [2.05, 4.69) is 53.2 Å². The first-order valence-corrected chi connectivity index (χ1v) is 8.44. The molecule has 0 saturated carbocycles. The van der Waals surface area contributed by atoms with Crippen LogP contribution in [0.4, 0.5) is 17.5 Å². The van der Waals surface area contributed by atoms with Crippen molar-refractivity contribution in [2.45, 2.75) is 26.4 Å². The van der Waals surface area contributed by atoms with Crippen LogP contribution in [-0.4, -0.2) is 28.3 Å². The summed E-state index contributed by atoms with van der Waals surface area (Å²) in [5.41, 5.74) is 2.27. The highest BCUT2D eigenvalue weighted by molar-refractivity contribution is 5.57. The highest BCUT2D eigenvalue weighted by Crippen LogP contribution is 2.22. The maximum absolute atomic E-state index is 4.75. The van der Waals surface area contributed by atoms with Gasteiger partial charge in [-0.05, 0) is 31.5 Å². The first-order valence-electron chi connectivity index (χ1n) is 8.44. The molecule has 5 heteroatoms. The first-order chi connectivity index (χ1) is 12.1. The molecule has 1 heterocycles. The summed E-state index contributed by atoms with van der Waals surface area (Å²) in [6.07, 6.45) is 1.73. The minimum absolute atomic E-state index is 0.298. The Kier molecular flexibility index (Phi) is 5.23. The molecule has 3 rings (SSSR count). The molecule has 0 unspecified atom stereocenters. The molecule has 0 aliphatic heterocycles. The molecule has 0 bridgehead atoms. The van der Waals surface area contributed by atoms with Crippen LogP contribution in [0, 0.1) is 0 Å². The molecule has 0 spiro atoms. The van der Waals surface area contributed by atoms with Crippen molar-refractivity contribution in [2.24, 2.45) is 0 Å². The van der Waals surface area contributed by atoms with E-state index in [4.69, 9.17) is 4.98 Å². The van der Waals surface area contributed by atoms with Crippen molar-refractivity contribution in [1.29, 1.82) is 0 Å². The molecule has 2 aromatic carbocycles. The highest BCUT2D eigenvalue weighted by atomic mass is 15.3. The maximum atomic E-state index is 4.75. The fourth-order valence-corrected chi connectivity index (χ4v) is 2.64. The molecule has 0 N–H and O–H groups in total. The van der Waals surface area contributed by atoms with Crippen LogP contribution in [0.2, 0.25) is 0 Å². The number of nitrogens with zero attached hydrogens (tertiary/aromatic N) is 5. The smallest absolute Gasteiger partial charge is 0.251 e. The molecule has 0 fully saturated rings. The van der Waals surface area contributed by atoms with E-state index < -0.39 is 0 Å². The Hall–Kier alpha value is -2.95. The molecule has 3 aromatic rings. The van der Waals surface area contributed by atoms with Gasteiger partial charge >= 0.3 is 0 Å². The monoisotopic (exact) mass is 333 g/mol. The number of hydrogen-bond acceptors (Lipinski definition) is 5. The largest absolute Gasteiger partial charge is 0.348 e. The quantitative estimate of drug-likeness (QED) is 0.681. The number of benzene rings is 2. The summed E-state index contributed by atoms with van der Waals surface area (Å²) in [5, 5.41) is 8.38. The summed E-state index contributed by atoms with van der Waals surface area (Å²) >= 11 is 0. The highest BCUT2D eigenvalue weighted by Gasteiger charge is 2.16. The van der Waals surface area contributed by atoms with Gasteiger partial charge in [0.25, 0.3) is 5.95 Å². The maximum Gasteiger partial charge on any atom is 0.251 e. The van der Waals surface area contributed by atoms with Gasteiger partial charge < -0.3 is 9.80 Å². The molecule has 5 nitrogen and oxygen atoms in total. The second kappa shape index (κ2) is 7.75. The third-order valence-electron chi connectivity index (χ3n) is 4.09. The molecule has 128 valence electrons. The van der Waals surface area contributed by atoms with Gasteiger partial charge in [0.2, 0.25) is 0 Å². The molecule has 25 heavy (non-hydrogen) atoms. The van der Waals surface area contributed by atoms with Crippen molar-refractivity contribution >= 4 is 17.5 Å². The van der Waals surface area contributed by atoms with Crippen molar-refractivity contribution in [3.8, 4) is 0 Å². The molecular formula is C20H23N5. The van der Waals surface area contributed by atoms with Crippen molar-refractivity contribution in [3.63, 3.8) is 0 Å². The predicted octanol–water partition coefficient (Wildman–Crippen LogP) is 4.05. The number of para-hydroxylation sites is 1. The van der Waals surface area contributed by atoms with Crippen molar-refractivity contribution in [1.82, 2.24) is 15.2 Å². The van der Waals surface area contributed by atoms with Crippen LogP contribution in [0.3, 0.4) is 0 Å². The van der Waals surface area contributed by atoms with Crippen molar-refractivity contribution in [3.05, 3.63) is 72.4 Å². The van der Waals surface area contributed by atoms with E-state index in [1.165, 1.54) is 5.56 Å². The van der Waals surface area contributed by atoms with E-state index in [0.717, 1.165) is 18.1 Å². The third-order valence-corrected chi connectivity index (χ3v) is 4.09. The Morgan fingerprint density at radius 2 is 1.56 bits per heavy atom. The fourth-order valence-electron chi connectivity index (χ4n) is 2.64. The average Bonchev–Trinajstić information content (AvgIpc) is 2.67. The number of anilines is 3. The molecule has 0 saturated heterocycles. The van der Waals surface area contributed by atoms with Gasteiger partial charge in [-0.2, -0.15) is 10.1 Å². The average molecular weight is 333 g/mol. The summed E-state index contributed by atoms with van der Waals surface area (Å²) in [5.74, 6) is 1.41. The molecule has 0 atom stereocenters.